The molecule has 3 aromatic rings. The highest BCUT2D eigenvalue weighted by atomic mass is 79.9. The summed E-state index contributed by atoms with van der Waals surface area (Å²) in [4.78, 5) is 0. The highest BCUT2D eigenvalue weighted by Gasteiger charge is 2.07. The van der Waals surface area contributed by atoms with Crippen LogP contribution >= 0.6 is 15.9 Å². The number of nitrogens with zero attached hydrogens (tertiary/aromatic N) is 1. The molecule has 1 aromatic heterocycles. The summed E-state index contributed by atoms with van der Waals surface area (Å²) < 4.78 is 16.0. The lowest BCUT2D eigenvalue weighted by atomic mass is 10.1. The molecular weight excluding hydrogens is 317 g/mol. The molecule has 0 bridgehead atoms. The first-order chi connectivity index (χ1) is 9.69. The van der Waals surface area contributed by atoms with E-state index in [2.05, 4.69) is 57.9 Å². The SMILES string of the molecule is CCc1cccc2ccn(Cc3ccc(F)c(Br)c3)c12. The van der Waals surface area contributed by atoms with Crippen molar-refractivity contribution in [1.29, 1.82) is 0 Å². The Morgan fingerprint density at radius 1 is 1.15 bits per heavy atom. The fourth-order valence-electron chi connectivity index (χ4n) is 2.59. The predicted molar refractivity (Wildman–Crippen MR) is 84.5 cm³/mol. The minimum absolute atomic E-state index is 0.222. The van der Waals surface area contributed by atoms with Crippen molar-refractivity contribution in [3.8, 4) is 0 Å². The number of aryl methyl sites for hydroxylation is 1. The van der Waals surface area contributed by atoms with E-state index in [1.807, 2.05) is 12.1 Å². The van der Waals surface area contributed by atoms with Crippen molar-refractivity contribution in [2.75, 3.05) is 0 Å². The van der Waals surface area contributed by atoms with Gasteiger partial charge in [0.15, 0.2) is 0 Å². The molecule has 1 heterocycles. The Kier molecular flexibility index (Phi) is 3.62. The van der Waals surface area contributed by atoms with Crippen LogP contribution in [0, 0.1) is 5.82 Å². The third-order valence-corrected chi connectivity index (χ3v) is 4.20. The summed E-state index contributed by atoms with van der Waals surface area (Å²) in [5, 5.41) is 1.26. The maximum absolute atomic E-state index is 13.3. The number of aromatic nitrogens is 1. The van der Waals surface area contributed by atoms with E-state index in [0.29, 0.717) is 4.47 Å². The Bertz CT molecular complexity index is 761. The van der Waals surface area contributed by atoms with Crippen LogP contribution in [-0.4, -0.2) is 4.57 Å². The summed E-state index contributed by atoms with van der Waals surface area (Å²) in [6.07, 6.45) is 3.11. The Morgan fingerprint density at radius 2 is 2.00 bits per heavy atom. The van der Waals surface area contributed by atoms with E-state index in [0.717, 1.165) is 18.5 Å². The van der Waals surface area contributed by atoms with Crippen LogP contribution < -0.4 is 0 Å². The number of benzene rings is 2. The number of hydrogen-bond donors (Lipinski definition) is 0. The Hall–Kier alpha value is -1.61. The van der Waals surface area contributed by atoms with Crippen LogP contribution in [0.5, 0.6) is 0 Å². The molecule has 20 heavy (non-hydrogen) atoms. The normalized spacial score (nSPS) is 11.2. The predicted octanol–water partition coefficient (Wildman–Crippen LogP) is 5.15. The molecule has 0 saturated carbocycles. The number of fused-ring (bicyclic) bond motifs is 1. The van der Waals surface area contributed by atoms with Gasteiger partial charge in [-0.25, -0.2) is 4.39 Å². The Morgan fingerprint density at radius 3 is 2.75 bits per heavy atom. The fraction of sp³-hybridized carbons (Fsp3) is 0.176. The summed E-state index contributed by atoms with van der Waals surface area (Å²) in [6, 6.07) is 13.7. The quantitative estimate of drug-likeness (QED) is 0.625. The minimum Gasteiger partial charge on any atom is -0.343 e. The zero-order valence-electron chi connectivity index (χ0n) is 11.2. The molecule has 0 fully saturated rings. The van der Waals surface area contributed by atoms with Crippen LogP contribution in [-0.2, 0) is 13.0 Å². The third kappa shape index (κ3) is 2.38. The first-order valence-corrected chi connectivity index (χ1v) is 7.49. The lowest BCUT2D eigenvalue weighted by Crippen LogP contribution is -2.00. The lowest BCUT2D eigenvalue weighted by Gasteiger charge is -2.09. The van der Waals surface area contributed by atoms with Gasteiger partial charge < -0.3 is 4.57 Å². The number of rotatable bonds is 3. The third-order valence-electron chi connectivity index (χ3n) is 3.59. The van der Waals surface area contributed by atoms with Gasteiger partial charge >= 0.3 is 0 Å². The van der Waals surface area contributed by atoms with Crippen molar-refractivity contribution < 1.29 is 4.39 Å². The molecule has 0 saturated heterocycles. The van der Waals surface area contributed by atoms with Crippen LogP contribution in [0.4, 0.5) is 4.39 Å². The molecule has 102 valence electrons. The van der Waals surface area contributed by atoms with E-state index < -0.39 is 0 Å². The van der Waals surface area contributed by atoms with Crippen LogP contribution in [0.25, 0.3) is 10.9 Å². The van der Waals surface area contributed by atoms with Crippen molar-refractivity contribution >= 4 is 26.8 Å². The Labute approximate surface area is 126 Å². The molecular formula is C17H15BrFN. The first kappa shape index (κ1) is 13.4. The van der Waals surface area contributed by atoms with Gasteiger partial charge in [-0.05, 0) is 57.1 Å². The van der Waals surface area contributed by atoms with Gasteiger partial charge in [-0.2, -0.15) is 0 Å². The van der Waals surface area contributed by atoms with Crippen LogP contribution in [0.1, 0.15) is 18.1 Å². The van der Waals surface area contributed by atoms with Gasteiger partial charge in [0.25, 0.3) is 0 Å². The monoisotopic (exact) mass is 331 g/mol. The number of hydrogen-bond acceptors (Lipinski definition) is 0. The van der Waals surface area contributed by atoms with Gasteiger partial charge in [0.1, 0.15) is 5.82 Å². The van der Waals surface area contributed by atoms with Crippen molar-refractivity contribution in [3.05, 3.63) is 70.1 Å². The summed E-state index contributed by atoms with van der Waals surface area (Å²) in [5.74, 6) is -0.222. The molecule has 3 rings (SSSR count). The molecule has 0 aliphatic rings. The van der Waals surface area contributed by atoms with Gasteiger partial charge in [-0.3, -0.25) is 0 Å². The largest absolute Gasteiger partial charge is 0.343 e. The van der Waals surface area contributed by atoms with E-state index in [-0.39, 0.29) is 5.82 Å². The summed E-state index contributed by atoms with van der Waals surface area (Å²) in [7, 11) is 0. The molecule has 0 amide bonds. The molecule has 0 atom stereocenters. The second-order valence-corrected chi connectivity index (χ2v) is 5.75. The molecule has 1 nitrogen and oxygen atoms in total. The minimum atomic E-state index is -0.222. The smallest absolute Gasteiger partial charge is 0.137 e. The molecule has 0 radical (unpaired) electrons. The lowest BCUT2D eigenvalue weighted by molar-refractivity contribution is 0.619. The maximum atomic E-state index is 13.3. The van der Waals surface area contributed by atoms with Crippen LogP contribution in [0.2, 0.25) is 0 Å². The van der Waals surface area contributed by atoms with Gasteiger partial charge in [0.05, 0.1) is 9.99 Å². The van der Waals surface area contributed by atoms with E-state index in [1.165, 1.54) is 22.5 Å². The second-order valence-electron chi connectivity index (χ2n) is 4.90. The zero-order valence-corrected chi connectivity index (χ0v) is 12.8. The fourth-order valence-corrected chi connectivity index (χ4v) is 3.02. The summed E-state index contributed by atoms with van der Waals surface area (Å²) in [6.45, 7) is 2.92. The standard InChI is InChI=1S/C17H15BrFN/c1-2-13-4-3-5-14-8-9-20(17(13)14)11-12-6-7-16(19)15(18)10-12/h3-10H,2,11H2,1H3. The topological polar surface area (TPSA) is 4.93 Å². The summed E-state index contributed by atoms with van der Waals surface area (Å²) in [5.41, 5.74) is 3.70. The maximum Gasteiger partial charge on any atom is 0.137 e. The van der Waals surface area contributed by atoms with Crippen LogP contribution in [0.15, 0.2) is 53.1 Å². The number of para-hydroxylation sites is 1. The first-order valence-electron chi connectivity index (χ1n) is 6.69. The molecule has 0 aliphatic carbocycles. The highest BCUT2D eigenvalue weighted by Crippen LogP contribution is 2.23. The molecule has 0 N–H and O–H groups in total. The average Bonchev–Trinajstić information content (AvgIpc) is 2.86. The molecule has 0 spiro atoms. The van der Waals surface area contributed by atoms with Crippen molar-refractivity contribution in [3.63, 3.8) is 0 Å². The van der Waals surface area contributed by atoms with Crippen molar-refractivity contribution in [1.82, 2.24) is 4.57 Å². The van der Waals surface area contributed by atoms with Crippen molar-refractivity contribution in [2.24, 2.45) is 0 Å². The molecule has 0 aliphatic heterocycles. The van der Waals surface area contributed by atoms with Crippen molar-refractivity contribution in [2.45, 2.75) is 19.9 Å². The van der Waals surface area contributed by atoms with E-state index in [9.17, 15) is 4.39 Å². The van der Waals surface area contributed by atoms with Gasteiger partial charge in [0.2, 0.25) is 0 Å². The molecule has 0 unspecified atom stereocenters. The zero-order chi connectivity index (χ0) is 14.1. The van der Waals surface area contributed by atoms with E-state index >= 15 is 0 Å². The van der Waals surface area contributed by atoms with Gasteiger partial charge in [0, 0.05) is 12.7 Å². The Balaban J connectivity index is 2.04. The van der Waals surface area contributed by atoms with Crippen LogP contribution in [0.3, 0.4) is 0 Å². The number of halogens is 2. The van der Waals surface area contributed by atoms with Gasteiger partial charge in [-0.15, -0.1) is 0 Å². The van der Waals surface area contributed by atoms with E-state index in [1.54, 1.807) is 0 Å². The summed E-state index contributed by atoms with van der Waals surface area (Å²) >= 11 is 3.24. The average molecular weight is 332 g/mol. The molecule has 3 heteroatoms. The van der Waals surface area contributed by atoms with E-state index in [4.69, 9.17) is 0 Å². The highest BCUT2D eigenvalue weighted by molar-refractivity contribution is 9.10. The van der Waals surface area contributed by atoms with Gasteiger partial charge in [-0.1, -0.05) is 31.2 Å². The second kappa shape index (κ2) is 5.41. The molecule has 2 aromatic carbocycles.